The lowest BCUT2D eigenvalue weighted by atomic mass is 9.79. The van der Waals surface area contributed by atoms with Crippen molar-refractivity contribution in [2.75, 3.05) is 45.9 Å². The molecule has 0 aliphatic carbocycles. The Bertz CT molecular complexity index is 251. The quantitative estimate of drug-likeness (QED) is 0.718. The third kappa shape index (κ3) is 4.44. The molecule has 2 heterocycles. The maximum absolute atomic E-state index is 5.59. The van der Waals surface area contributed by atoms with Crippen LogP contribution >= 0.6 is 0 Å². The van der Waals surface area contributed by atoms with Gasteiger partial charge in [-0.1, -0.05) is 20.3 Å². The molecule has 0 bridgehead atoms. The van der Waals surface area contributed by atoms with Crippen molar-refractivity contribution >= 4 is 0 Å². The van der Waals surface area contributed by atoms with Crippen LogP contribution in [0.1, 0.15) is 46.0 Å². The second kappa shape index (κ2) is 7.61. The fraction of sp³-hybridized carbons (Fsp3) is 1.00. The van der Waals surface area contributed by atoms with Gasteiger partial charge in [-0.05, 0) is 50.1 Å². The Hall–Kier alpha value is -0.120. The fourth-order valence-corrected chi connectivity index (χ4v) is 3.59. The molecule has 2 aliphatic rings. The molecule has 0 saturated carbocycles. The van der Waals surface area contributed by atoms with Gasteiger partial charge < -0.3 is 15.0 Å². The van der Waals surface area contributed by atoms with Gasteiger partial charge in [-0.25, -0.2) is 0 Å². The third-order valence-corrected chi connectivity index (χ3v) is 4.99. The number of likely N-dealkylation sites (tertiary alicyclic amines) is 1. The van der Waals surface area contributed by atoms with E-state index in [1.165, 1.54) is 58.3 Å². The Kier molecular flexibility index (Phi) is 6.11. The molecule has 2 rings (SSSR count). The van der Waals surface area contributed by atoms with E-state index in [1.807, 2.05) is 0 Å². The first-order valence-corrected chi connectivity index (χ1v) is 8.29. The van der Waals surface area contributed by atoms with E-state index in [2.05, 4.69) is 24.1 Å². The molecular formula is C16H32N2O. The molecule has 0 aromatic rings. The highest BCUT2D eigenvalue weighted by atomic mass is 16.5. The summed E-state index contributed by atoms with van der Waals surface area (Å²) in [6.07, 6.45) is 6.45. The molecule has 3 nitrogen and oxygen atoms in total. The number of hydrogen-bond acceptors (Lipinski definition) is 3. The molecular weight excluding hydrogens is 236 g/mol. The van der Waals surface area contributed by atoms with Gasteiger partial charge in [-0.2, -0.15) is 0 Å². The van der Waals surface area contributed by atoms with E-state index in [1.54, 1.807) is 0 Å². The van der Waals surface area contributed by atoms with E-state index in [-0.39, 0.29) is 0 Å². The zero-order valence-corrected chi connectivity index (χ0v) is 12.9. The topological polar surface area (TPSA) is 24.5 Å². The summed E-state index contributed by atoms with van der Waals surface area (Å²) in [6.45, 7) is 12.7. The highest BCUT2D eigenvalue weighted by Gasteiger charge is 2.35. The zero-order chi connectivity index (χ0) is 13.6. The van der Waals surface area contributed by atoms with Crippen LogP contribution in [-0.2, 0) is 4.74 Å². The van der Waals surface area contributed by atoms with Gasteiger partial charge in [0.15, 0.2) is 0 Å². The summed E-state index contributed by atoms with van der Waals surface area (Å²) in [5.41, 5.74) is 0.468. The van der Waals surface area contributed by atoms with Gasteiger partial charge in [0.05, 0.1) is 0 Å². The second-order valence-corrected chi connectivity index (χ2v) is 6.59. The van der Waals surface area contributed by atoms with Gasteiger partial charge in [0.25, 0.3) is 0 Å². The van der Waals surface area contributed by atoms with Crippen molar-refractivity contribution < 1.29 is 4.74 Å². The van der Waals surface area contributed by atoms with Crippen molar-refractivity contribution in [3.63, 3.8) is 0 Å². The third-order valence-electron chi connectivity index (χ3n) is 4.99. The Morgan fingerprint density at radius 2 is 2.05 bits per heavy atom. The summed E-state index contributed by atoms with van der Waals surface area (Å²) in [5.74, 6) is 0.945. The molecule has 0 aromatic heterocycles. The summed E-state index contributed by atoms with van der Waals surface area (Å²) in [5, 5.41) is 3.66. The van der Waals surface area contributed by atoms with Crippen molar-refractivity contribution in [1.82, 2.24) is 10.2 Å². The van der Waals surface area contributed by atoms with Crippen molar-refractivity contribution in [1.29, 1.82) is 0 Å². The summed E-state index contributed by atoms with van der Waals surface area (Å²) in [6, 6.07) is 0. The first kappa shape index (κ1) is 15.3. The van der Waals surface area contributed by atoms with Crippen LogP contribution in [0, 0.1) is 11.3 Å². The molecule has 2 fully saturated rings. The van der Waals surface area contributed by atoms with Crippen LogP contribution < -0.4 is 5.32 Å². The number of nitrogens with zero attached hydrogens (tertiary/aromatic N) is 1. The monoisotopic (exact) mass is 268 g/mol. The number of ether oxygens (including phenoxy) is 1. The minimum absolute atomic E-state index is 0.468. The van der Waals surface area contributed by atoms with E-state index in [0.29, 0.717) is 5.41 Å². The van der Waals surface area contributed by atoms with Gasteiger partial charge >= 0.3 is 0 Å². The lowest BCUT2D eigenvalue weighted by molar-refractivity contribution is -0.00136. The minimum atomic E-state index is 0.468. The predicted octanol–water partition coefficient (Wildman–Crippen LogP) is 2.51. The molecule has 1 unspecified atom stereocenters. The highest BCUT2D eigenvalue weighted by molar-refractivity contribution is 4.89. The number of nitrogens with one attached hydrogen (secondary N) is 1. The molecule has 0 radical (unpaired) electrons. The lowest BCUT2D eigenvalue weighted by Gasteiger charge is -2.40. The number of rotatable bonds is 7. The molecule has 0 aromatic carbocycles. The average Bonchev–Trinajstić information content (AvgIpc) is 2.87. The summed E-state index contributed by atoms with van der Waals surface area (Å²) in [7, 11) is 0. The van der Waals surface area contributed by atoms with E-state index >= 15 is 0 Å². The summed E-state index contributed by atoms with van der Waals surface area (Å²) >= 11 is 0. The van der Waals surface area contributed by atoms with Crippen LogP contribution in [0.5, 0.6) is 0 Å². The van der Waals surface area contributed by atoms with Crippen molar-refractivity contribution in [3.8, 4) is 0 Å². The first-order valence-electron chi connectivity index (χ1n) is 8.29. The van der Waals surface area contributed by atoms with Crippen LogP contribution in [0.15, 0.2) is 0 Å². The van der Waals surface area contributed by atoms with Crippen LogP contribution in [-0.4, -0.2) is 50.8 Å². The minimum Gasteiger partial charge on any atom is -0.381 e. The van der Waals surface area contributed by atoms with Gasteiger partial charge in [0.1, 0.15) is 0 Å². The van der Waals surface area contributed by atoms with Crippen molar-refractivity contribution in [2.45, 2.75) is 46.0 Å². The molecule has 19 heavy (non-hydrogen) atoms. The normalized spacial score (nSPS) is 27.8. The van der Waals surface area contributed by atoms with Gasteiger partial charge in [0, 0.05) is 32.8 Å². The van der Waals surface area contributed by atoms with E-state index in [9.17, 15) is 0 Å². The standard InChI is InChI=1S/C16H32N2O/c1-3-8-17-13-16(6-10-19-11-7-16)14-18-9-5-15(4-2)12-18/h15,17H,3-14H2,1-2H3. The van der Waals surface area contributed by atoms with Gasteiger partial charge in [0.2, 0.25) is 0 Å². The summed E-state index contributed by atoms with van der Waals surface area (Å²) in [4.78, 5) is 2.72. The molecule has 3 heteroatoms. The Balaban J connectivity index is 1.86. The molecule has 112 valence electrons. The lowest BCUT2D eigenvalue weighted by Crippen LogP contribution is -2.47. The number of hydrogen-bond donors (Lipinski definition) is 1. The second-order valence-electron chi connectivity index (χ2n) is 6.59. The van der Waals surface area contributed by atoms with Crippen molar-refractivity contribution in [2.24, 2.45) is 11.3 Å². The zero-order valence-electron chi connectivity index (χ0n) is 12.9. The Morgan fingerprint density at radius 3 is 2.68 bits per heavy atom. The molecule has 0 spiro atoms. The Labute approximate surface area is 119 Å². The molecule has 1 atom stereocenters. The van der Waals surface area contributed by atoms with E-state index < -0.39 is 0 Å². The van der Waals surface area contributed by atoms with Crippen LogP contribution in [0.4, 0.5) is 0 Å². The van der Waals surface area contributed by atoms with Crippen molar-refractivity contribution in [3.05, 3.63) is 0 Å². The van der Waals surface area contributed by atoms with E-state index in [4.69, 9.17) is 4.74 Å². The average molecular weight is 268 g/mol. The van der Waals surface area contributed by atoms with Gasteiger partial charge in [-0.15, -0.1) is 0 Å². The maximum Gasteiger partial charge on any atom is 0.0472 e. The molecule has 2 aliphatic heterocycles. The highest BCUT2D eigenvalue weighted by Crippen LogP contribution is 2.33. The maximum atomic E-state index is 5.59. The Morgan fingerprint density at radius 1 is 1.26 bits per heavy atom. The van der Waals surface area contributed by atoms with Crippen LogP contribution in [0.3, 0.4) is 0 Å². The molecule has 2 saturated heterocycles. The molecule has 0 amide bonds. The van der Waals surface area contributed by atoms with E-state index in [0.717, 1.165) is 25.7 Å². The SMILES string of the molecule is CCCNCC1(CN2CCC(CC)C2)CCOCC1. The van der Waals surface area contributed by atoms with Gasteiger partial charge in [-0.3, -0.25) is 0 Å². The summed E-state index contributed by atoms with van der Waals surface area (Å²) < 4.78 is 5.59. The first-order chi connectivity index (χ1) is 9.28. The predicted molar refractivity (Wildman–Crippen MR) is 80.5 cm³/mol. The smallest absolute Gasteiger partial charge is 0.0472 e. The fourth-order valence-electron chi connectivity index (χ4n) is 3.59. The largest absolute Gasteiger partial charge is 0.381 e. The van der Waals surface area contributed by atoms with Crippen LogP contribution in [0.25, 0.3) is 0 Å². The van der Waals surface area contributed by atoms with Crippen LogP contribution in [0.2, 0.25) is 0 Å². The molecule has 1 N–H and O–H groups in total.